The van der Waals surface area contributed by atoms with Crippen molar-refractivity contribution in [1.82, 2.24) is 0 Å². The van der Waals surface area contributed by atoms with Gasteiger partial charge in [-0.05, 0) is 48.2 Å². The minimum atomic E-state index is -0.417. The van der Waals surface area contributed by atoms with E-state index in [1.165, 1.54) is 4.90 Å². The van der Waals surface area contributed by atoms with E-state index in [4.69, 9.17) is 10.5 Å². The van der Waals surface area contributed by atoms with Crippen LogP contribution in [-0.2, 0) is 6.61 Å². The number of nitrogens with two attached hydrogens (primary N) is 1. The van der Waals surface area contributed by atoms with E-state index in [0.29, 0.717) is 12.2 Å². The van der Waals surface area contributed by atoms with Crippen molar-refractivity contribution in [2.45, 2.75) is 11.5 Å². The molecular formula is C15H15NO2S. The van der Waals surface area contributed by atoms with Crippen molar-refractivity contribution in [2.24, 2.45) is 5.73 Å². The van der Waals surface area contributed by atoms with E-state index in [0.717, 1.165) is 11.3 Å². The van der Waals surface area contributed by atoms with Crippen molar-refractivity contribution < 1.29 is 9.53 Å². The highest BCUT2D eigenvalue weighted by Gasteiger charge is 2.00. The number of thioether (sulfide) groups is 1. The first-order chi connectivity index (χ1) is 9.19. The minimum absolute atomic E-state index is 0.417. The number of amides is 1. The first kappa shape index (κ1) is 13.5. The number of benzene rings is 2. The molecule has 0 aliphatic heterocycles. The highest BCUT2D eigenvalue weighted by molar-refractivity contribution is 7.98. The predicted octanol–water partition coefficient (Wildman–Crippen LogP) is 3.09. The third-order valence-electron chi connectivity index (χ3n) is 2.70. The van der Waals surface area contributed by atoms with Gasteiger partial charge in [0.15, 0.2) is 0 Å². The number of carbonyl (C=O) groups excluding carboxylic acids is 1. The second-order valence-electron chi connectivity index (χ2n) is 4.03. The quantitative estimate of drug-likeness (QED) is 0.852. The average Bonchev–Trinajstić information content (AvgIpc) is 2.46. The molecule has 2 rings (SSSR count). The van der Waals surface area contributed by atoms with Crippen LogP contribution in [0.15, 0.2) is 53.4 Å². The highest BCUT2D eigenvalue weighted by atomic mass is 32.2. The molecule has 0 atom stereocenters. The Hall–Kier alpha value is -1.94. The SMILES string of the molecule is CSc1ccc(OCc2ccc(C(N)=O)cc2)cc1. The Balaban J connectivity index is 1.95. The molecule has 0 saturated heterocycles. The molecule has 2 aromatic rings. The summed E-state index contributed by atoms with van der Waals surface area (Å²) >= 11 is 1.70. The molecule has 0 aromatic heterocycles. The van der Waals surface area contributed by atoms with Gasteiger partial charge in [-0.1, -0.05) is 12.1 Å². The van der Waals surface area contributed by atoms with Crippen LogP contribution in [0.25, 0.3) is 0 Å². The van der Waals surface area contributed by atoms with Crippen LogP contribution >= 0.6 is 11.8 Å². The topological polar surface area (TPSA) is 52.3 Å². The van der Waals surface area contributed by atoms with E-state index in [2.05, 4.69) is 0 Å². The Bertz CT molecular complexity index is 549. The lowest BCUT2D eigenvalue weighted by atomic mass is 10.1. The summed E-state index contributed by atoms with van der Waals surface area (Å²) in [4.78, 5) is 12.1. The van der Waals surface area contributed by atoms with Crippen molar-refractivity contribution in [1.29, 1.82) is 0 Å². The first-order valence-electron chi connectivity index (χ1n) is 5.84. The van der Waals surface area contributed by atoms with Crippen molar-refractivity contribution in [3.8, 4) is 5.75 Å². The zero-order valence-corrected chi connectivity index (χ0v) is 11.4. The molecule has 0 fully saturated rings. The Morgan fingerprint density at radius 3 is 2.26 bits per heavy atom. The number of rotatable bonds is 5. The molecule has 19 heavy (non-hydrogen) atoms. The molecule has 1 amide bonds. The van der Waals surface area contributed by atoms with Crippen molar-refractivity contribution in [3.05, 3.63) is 59.7 Å². The maximum Gasteiger partial charge on any atom is 0.248 e. The van der Waals surface area contributed by atoms with Gasteiger partial charge in [-0.2, -0.15) is 0 Å². The van der Waals surface area contributed by atoms with Gasteiger partial charge in [0.1, 0.15) is 12.4 Å². The molecule has 0 bridgehead atoms. The van der Waals surface area contributed by atoms with Gasteiger partial charge in [-0.3, -0.25) is 4.79 Å². The molecule has 0 heterocycles. The summed E-state index contributed by atoms with van der Waals surface area (Å²) in [5.74, 6) is 0.414. The van der Waals surface area contributed by atoms with Gasteiger partial charge in [0.05, 0.1) is 0 Å². The molecule has 0 aliphatic carbocycles. The van der Waals surface area contributed by atoms with Crippen LogP contribution in [0.1, 0.15) is 15.9 Å². The predicted molar refractivity (Wildman–Crippen MR) is 77.5 cm³/mol. The van der Waals surface area contributed by atoms with Gasteiger partial charge < -0.3 is 10.5 Å². The second kappa shape index (κ2) is 6.29. The summed E-state index contributed by atoms with van der Waals surface area (Å²) in [5.41, 5.74) is 6.69. The van der Waals surface area contributed by atoms with E-state index in [-0.39, 0.29) is 0 Å². The van der Waals surface area contributed by atoms with Gasteiger partial charge >= 0.3 is 0 Å². The Morgan fingerprint density at radius 2 is 1.74 bits per heavy atom. The van der Waals surface area contributed by atoms with Crippen molar-refractivity contribution in [2.75, 3.05) is 6.26 Å². The van der Waals surface area contributed by atoms with Crippen molar-refractivity contribution in [3.63, 3.8) is 0 Å². The summed E-state index contributed by atoms with van der Waals surface area (Å²) < 4.78 is 5.67. The normalized spacial score (nSPS) is 10.2. The third kappa shape index (κ3) is 3.76. The lowest BCUT2D eigenvalue weighted by molar-refractivity contribution is 0.1000. The lowest BCUT2D eigenvalue weighted by Crippen LogP contribution is -2.10. The smallest absolute Gasteiger partial charge is 0.248 e. The molecule has 0 radical (unpaired) electrons. The fraction of sp³-hybridized carbons (Fsp3) is 0.133. The van der Waals surface area contributed by atoms with E-state index < -0.39 is 5.91 Å². The zero-order valence-electron chi connectivity index (χ0n) is 10.6. The third-order valence-corrected chi connectivity index (χ3v) is 3.45. The fourth-order valence-corrected chi connectivity index (χ4v) is 2.01. The molecule has 2 aromatic carbocycles. The molecule has 4 heteroatoms. The standard InChI is InChI=1S/C15H15NO2S/c1-19-14-8-6-13(7-9-14)18-10-11-2-4-12(5-3-11)15(16)17/h2-9H,10H2,1H3,(H2,16,17). The van der Waals surface area contributed by atoms with Gasteiger partial charge in [-0.15, -0.1) is 11.8 Å². The van der Waals surface area contributed by atoms with Gasteiger partial charge in [0.25, 0.3) is 0 Å². The summed E-state index contributed by atoms with van der Waals surface area (Å²) in [6.45, 7) is 0.470. The van der Waals surface area contributed by atoms with Crippen molar-refractivity contribution >= 4 is 17.7 Å². The first-order valence-corrected chi connectivity index (χ1v) is 7.07. The molecule has 0 saturated carbocycles. The number of ether oxygens (including phenoxy) is 1. The van der Waals surface area contributed by atoms with Crippen LogP contribution in [-0.4, -0.2) is 12.2 Å². The molecule has 0 spiro atoms. The average molecular weight is 273 g/mol. The minimum Gasteiger partial charge on any atom is -0.489 e. The number of primary amides is 1. The van der Waals surface area contributed by atoms with Crippen LogP contribution in [0.5, 0.6) is 5.75 Å². The Kier molecular flexibility index (Phi) is 4.47. The maximum absolute atomic E-state index is 10.9. The summed E-state index contributed by atoms with van der Waals surface area (Å²) in [5, 5.41) is 0. The van der Waals surface area contributed by atoms with Crippen LogP contribution in [0.4, 0.5) is 0 Å². The van der Waals surface area contributed by atoms with Crippen LogP contribution < -0.4 is 10.5 Å². The second-order valence-corrected chi connectivity index (χ2v) is 4.91. The summed E-state index contributed by atoms with van der Waals surface area (Å²) in [6.07, 6.45) is 2.04. The summed E-state index contributed by atoms with van der Waals surface area (Å²) in [7, 11) is 0. The lowest BCUT2D eigenvalue weighted by Gasteiger charge is -2.07. The molecule has 2 N–H and O–H groups in total. The number of hydrogen-bond acceptors (Lipinski definition) is 3. The van der Waals surface area contributed by atoms with Gasteiger partial charge in [0.2, 0.25) is 5.91 Å². The maximum atomic E-state index is 10.9. The van der Waals surface area contributed by atoms with Crippen LogP contribution in [0.2, 0.25) is 0 Å². The van der Waals surface area contributed by atoms with E-state index in [9.17, 15) is 4.79 Å². The Morgan fingerprint density at radius 1 is 1.11 bits per heavy atom. The highest BCUT2D eigenvalue weighted by Crippen LogP contribution is 2.19. The largest absolute Gasteiger partial charge is 0.489 e. The molecular weight excluding hydrogens is 258 g/mol. The van der Waals surface area contributed by atoms with Gasteiger partial charge in [0, 0.05) is 10.5 Å². The van der Waals surface area contributed by atoms with E-state index in [1.807, 2.05) is 42.7 Å². The Labute approximate surface area is 116 Å². The molecule has 98 valence electrons. The zero-order chi connectivity index (χ0) is 13.7. The van der Waals surface area contributed by atoms with Crippen LogP contribution in [0, 0.1) is 0 Å². The fourth-order valence-electron chi connectivity index (χ4n) is 1.60. The van der Waals surface area contributed by atoms with Crippen LogP contribution in [0.3, 0.4) is 0 Å². The summed E-state index contributed by atoms with van der Waals surface area (Å²) in [6, 6.07) is 15.0. The molecule has 3 nitrogen and oxygen atoms in total. The molecule has 0 aliphatic rings. The van der Waals surface area contributed by atoms with E-state index in [1.54, 1.807) is 23.9 Å². The number of carbonyl (C=O) groups is 1. The van der Waals surface area contributed by atoms with E-state index >= 15 is 0 Å². The number of hydrogen-bond donors (Lipinski definition) is 1. The molecule has 0 unspecified atom stereocenters. The van der Waals surface area contributed by atoms with Gasteiger partial charge in [-0.25, -0.2) is 0 Å². The monoisotopic (exact) mass is 273 g/mol.